The van der Waals surface area contributed by atoms with Gasteiger partial charge in [-0.05, 0) is 58.7 Å². The first-order valence-corrected chi connectivity index (χ1v) is 13.2. The summed E-state index contributed by atoms with van der Waals surface area (Å²) in [5.41, 5.74) is 2.86. The number of hydrogen-bond donors (Lipinski definition) is 2. The number of nitrogens with zero attached hydrogens (tertiary/aromatic N) is 1. The lowest BCUT2D eigenvalue weighted by atomic mass is 9.74. The van der Waals surface area contributed by atoms with E-state index in [4.69, 9.17) is 9.47 Å². The zero-order valence-electron chi connectivity index (χ0n) is 24.1. The van der Waals surface area contributed by atoms with Crippen LogP contribution in [-0.4, -0.2) is 33.6 Å². The maximum absolute atomic E-state index is 14.1. The van der Waals surface area contributed by atoms with E-state index in [1.807, 2.05) is 17.7 Å². The van der Waals surface area contributed by atoms with Crippen molar-refractivity contribution >= 4 is 32.6 Å². The molecule has 202 valence electrons. The Morgan fingerprint density at radius 2 is 1.47 bits per heavy atom. The molecule has 0 radical (unpaired) electrons. The van der Waals surface area contributed by atoms with E-state index in [9.17, 15) is 15.0 Å². The second kappa shape index (κ2) is 8.20. The molecule has 1 aliphatic heterocycles. The Kier molecular flexibility index (Phi) is 5.72. The second-order valence-electron chi connectivity index (χ2n) is 13.3. The zero-order valence-corrected chi connectivity index (χ0v) is 24.1. The minimum Gasteiger partial charge on any atom is -0.496 e. The summed E-state index contributed by atoms with van der Waals surface area (Å²) in [6, 6.07) is 10.1. The Morgan fingerprint density at radius 1 is 0.921 bits per heavy atom. The molecule has 0 unspecified atom stereocenters. The lowest BCUT2D eigenvalue weighted by Gasteiger charge is -2.40. The fourth-order valence-electron chi connectivity index (χ4n) is 5.91. The van der Waals surface area contributed by atoms with Gasteiger partial charge in [0.2, 0.25) is 5.43 Å². The molecule has 0 saturated heterocycles. The van der Waals surface area contributed by atoms with Crippen LogP contribution < -0.4 is 14.9 Å². The standard InChI is InChI=1S/C32H39NO5/c1-30(2,3)19-12-16-11-18-21(14-17(16)13-20(19)31(4,5)6)33(9)26-24(27(18)34)22(37-10)15-23-25(26)28(35)29(36)32(7,8)38-23/h11-15,28-29,35-36H,1-10H3/t28-,29-/m1/s1. The van der Waals surface area contributed by atoms with Gasteiger partial charge in [-0.2, -0.15) is 0 Å². The molecule has 6 heteroatoms. The number of aromatic nitrogens is 1. The normalized spacial score (nSPS) is 19.6. The van der Waals surface area contributed by atoms with Gasteiger partial charge in [-0.15, -0.1) is 0 Å². The maximum Gasteiger partial charge on any atom is 0.201 e. The summed E-state index contributed by atoms with van der Waals surface area (Å²) < 4.78 is 13.7. The molecule has 0 amide bonds. The van der Waals surface area contributed by atoms with Crippen LogP contribution in [0.25, 0.3) is 32.6 Å². The Bertz CT molecular complexity index is 1680. The molecule has 0 saturated carbocycles. The molecular formula is C32H39NO5. The first kappa shape index (κ1) is 26.5. The van der Waals surface area contributed by atoms with Crippen LogP contribution >= 0.6 is 0 Å². The number of methoxy groups -OCH3 is 1. The number of aliphatic hydroxyl groups is 2. The van der Waals surface area contributed by atoms with E-state index in [2.05, 4.69) is 59.7 Å². The van der Waals surface area contributed by atoms with E-state index in [-0.39, 0.29) is 16.3 Å². The van der Waals surface area contributed by atoms with Crippen molar-refractivity contribution in [3.05, 3.63) is 57.2 Å². The molecule has 1 aromatic heterocycles. The highest BCUT2D eigenvalue weighted by molar-refractivity contribution is 6.04. The van der Waals surface area contributed by atoms with E-state index in [1.54, 1.807) is 19.9 Å². The van der Waals surface area contributed by atoms with Gasteiger partial charge in [-0.25, -0.2) is 0 Å². The van der Waals surface area contributed by atoms with Gasteiger partial charge in [0.1, 0.15) is 29.3 Å². The Hall–Kier alpha value is -3.09. The van der Waals surface area contributed by atoms with Crippen LogP contribution in [-0.2, 0) is 17.9 Å². The lowest BCUT2D eigenvalue weighted by Crippen LogP contribution is -2.49. The van der Waals surface area contributed by atoms with Gasteiger partial charge in [-0.1, -0.05) is 53.7 Å². The highest BCUT2D eigenvalue weighted by Crippen LogP contribution is 2.46. The quantitative estimate of drug-likeness (QED) is 0.302. The number of fused-ring (bicyclic) bond motifs is 5. The number of aliphatic hydroxyl groups excluding tert-OH is 2. The van der Waals surface area contributed by atoms with Crippen LogP contribution in [0, 0.1) is 0 Å². The molecule has 1 aliphatic rings. The number of aryl methyl sites for hydroxylation is 1. The highest BCUT2D eigenvalue weighted by atomic mass is 16.5. The highest BCUT2D eigenvalue weighted by Gasteiger charge is 2.44. The fraction of sp³-hybridized carbons (Fsp3) is 0.469. The maximum atomic E-state index is 14.1. The van der Waals surface area contributed by atoms with E-state index in [1.165, 1.54) is 18.2 Å². The Morgan fingerprint density at radius 3 is 2.00 bits per heavy atom. The topological polar surface area (TPSA) is 80.9 Å². The second-order valence-corrected chi connectivity index (χ2v) is 13.3. The van der Waals surface area contributed by atoms with E-state index >= 15 is 0 Å². The largest absolute Gasteiger partial charge is 0.496 e. The van der Waals surface area contributed by atoms with Crippen LogP contribution in [0.5, 0.6) is 11.5 Å². The van der Waals surface area contributed by atoms with Crippen LogP contribution in [0.15, 0.2) is 35.1 Å². The molecule has 3 aromatic carbocycles. The molecule has 2 atom stereocenters. The third-order valence-electron chi connectivity index (χ3n) is 8.04. The molecule has 0 fully saturated rings. The van der Waals surface area contributed by atoms with Crippen molar-refractivity contribution < 1.29 is 19.7 Å². The first-order chi connectivity index (χ1) is 17.5. The van der Waals surface area contributed by atoms with Crippen LogP contribution in [0.3, 0.4) is 0 Å². The van der Waals surface area contributed by atoms with Crippen molar-refractivity contribution in [2.75, 3.05) is 7.11 Å². The van der Waals surface area contributed by atoms with Gasteiger partial charge in [0.15, 0.2) is 0 Å². The third kappa shape index (κ3) is 3.80. The minimum atomic E-state index is -1.23. The molecule has 2 N–H and O–H groups in total. The minimum absolute atomic E-state index is 0.0577. The molecule has 0 bridgehead atoms. The monoisotopic (exact) mass is 517 g/mol. The van der Waals surface area contributed by atoms with Gasteiger partial charge < -0.3 is 24.3 Å². The molecule has 38 heavy (non-hydrogen) atoms. The number of rotatable bonds is 1. The number of ether oxygens (including phenoxy) is 2. The van der Waals surface area contributed by atoms with Gasteiger partial charge in [0, 0.05) is 18.5 Å². The Labute approximate surface area is 223 Å². The molecule has 5 rings (SSSR count). The van der Waals surface area contributed by atoms with Gasteiger partial charge >= 0.3 is 0 Å². The summed E-state index contributed by atoms with van der Waals surface area (Å²) >= 11 is 0. The smallest absolute Gasteiger partial charge is 0.201 e. The molecule has 6 nitrogen and oxygen atoms in total. The summed E-state index contributed by atoms with van der Waals surface area (Å²) in [7, 11) is 3.40. The summed E-state index contributed by atoms with van der Waals surface area (Å²) in [5, 5.41) is 25.1. The van der Waals surface area contributed by atoms with Crippen LogP contribution in [0.4, 0.5) is 0 Å². The zero-order chi connectivity index (χ0) is 28.1. The van der Waals surface area contributed by atoms with Gasteiger partial charge in [-0.3, -0.25) is 4.79 Å². The molecule has 2 heterocycles. The summed E-state index contributed by atoms with van der Waals surface area (Å²) in [5.74, 6) is 0.774. The third-order valence-corrected chi connectivity index (χ3v) is 8.04. The molecular weight excluding hydrogens is 478 g/mol. The van der Waals surface area contributed by atoms with E-state index in [0.29, 0.717) is 33.4 Å². The lowest BCUT2D eigenvalue weighted by molar-refractivity contribution is -0.111. The predicted molar refractivity (Wildman–Crippen MR) is 154 cm³/mol. The summed E-state index contributed by atoms with van der Waals surface area (Å²) in [6.07, 6.45) is -2.40. The SMILES string of the molecule is COc1cc2c(c3c1c(=O)c1cc4cc(C(C)(C)C)c(C(C)(C)C)cc4cc1n3C)[C@@H](O)[C@@H](O)C(C)(C)O2. The van der Waals surface area contributed by atoms with Gasteiger partial charge in [0.25, 0.3) is 0 Å². The summed E-state index contributed by atoms with van der Waals surface area (Å²) in [6.45, 7) is 16.8. The van der Waals surface area contributed by atoms with Crippen molar-refractivity contribution in [1.29, 1.82) is 0 Å². The summed E-state index contributed by atoms with van der Waals surface area (Å²) in [4.78, 5) is 14.1. The Balaban J connectivity index is 1.96. The van der Waals surface area contributed by atoms with Crippen molar-refractivity contribution in [3.8, 4) is 11.5 Å². The average molecular weight is 518 g/mol. The van der Waals surface area contributed by atoms with Crippen LogP contribution in [0.2, 0.25) is 0 Å². The van der Waals surface area contributed by atoms with Crippen molar-refractivity contribution in [1.82, 2.24) is 4.57 Å². The fourth-order valence-corrected chi connectivity index (χ4v) is 5.91. The van der Waals surface area contributed by atoms with E-state index in [0.717, 1.165) is 16.3 Å². The van der Waals surface area contributed by atoms with Crippen LogP contribution in [0.1, 0.15) is 78.2 Å². The molecule has 0 aliphatic carbocycles. The van der Waals surface area contributed by atoms with Gasteiger partial charge in [0.05, 0.1) is 29.1 Å². The van der Waals surface area contributed by atoms with E-state index < -0.39 is 17.8 Å². The number of hydrogen-bond acceptors (Lipinski definition) is 5. The molecule has 4 aromatic rings. The number of benzene rings is 3. The molecule has 0 spiro atoms. The van der Waals surface area contributed by atoms with Crippen molar-refractivity contribution in [2.45, 2.75) is 84.0 Å². The van der Waals surface area contributed by atoms with Crippen molar-refractivity contribution in [3.63, 3.8) is 0 Å². The first-order valence-electron chi connectivity index (χ1n) is 13.2. The predicted octanol–water partition coefficient (Wildman–Crippen LogP) is 6.01. The average Bonchev–Trinajstić information content (AvgIpc) is 2.81. The number of pyridine rings is 1. The van der Waals surface area contributed by atoms with Crippen molar-refractivity contribution in [2.24, 2.45) is 7.05 Å².